The molecule has 2 heterocycles. The molecule has 0 unspecified atom stereocenters. The van der Waals surface area contributed by atoms with Gasteiger partial charge in [0, 0.05) is 11.4 Å². The van der Waals surface area contributed by atoms with Gasteiger partial charge in [-0.25, -0.2) is 4.98 Å². The average Bonchev–Trinajstić information content (AvgIpc) is 2.68. The number of pyridine rings is 2. The summed E-state index contributed by atoms with van der Waals surface area (Å²) in [6, 6.07) is 9.17. The minimum Gasteiger partial charge on any atom is -0.394 e. The molecule has 1 atom stereocenters. The summed E-state index contributed by atoms with van der Waals surface area (Å²) >= 11 is 6.16. The maximum Gasteiger partial charge on any atom is 0.433 e. The molecule has 10 heteroatoms. The molecule has 150 valence electrons. The number of aliphatic hydroxyl groups is 1. The number of para-hydroxylation sites is 1. The number of aliphatic hydroxyl groups excluding tert-OH is 1. The number of aromatic nitrogens is 2. The van der Waals surface area contributed by atoms with Crippen molar-refractivity contribution in [3.05, 3.63) is 63.0 Å². The van der Waals surface area contributed by atoms with Crippen LogP contribution in [-0.4, -0.2) is 27.3 Å². The van der Waals surface area contributed by atoms with E-state index in [1.807, 2.05) is 0 Å². The minimum atomic E-state index is -4.74. The molecule has 0 saturated heterocycles. The predicted molar refractivity (Wildman–Crippen MR) is 102 cm³/mol. The van der Waals surface area contributed by atoms with Gasteiger partial charge in [0.2, 0.25) is 0 Å². The van der Waals surface area contributed by atoms with Gasteiger partial charge >= 0.3 is 6.18 Å². The van der Waals surface area contributed by atoms with Crippen LogP contribution in [0.2, 0.25) is 5.02 Å². The van der Waals surface area contributed by atoms with Crippen LogP contribution in [0, 0.1) is 11.3 Å². The standard InChI is InChI=1S/C19H14ClF3N4O2/c1-10(9-28)25-16-11-6-7-15(19(21,22)23)26-17(11)27(18(29)12(16)8-24)14-5-3-2-4-13(14)20/h2-7,10,25,28H,9H2,1H3/t10-/m1/s1. The van der Waals surface area contributed by atoms with Crippen LogP contribution in [0.25, 0.3) is 16.7 Å². The molecule has 0 bridgehead atoms. The number of anilines is 1. The molecule has 1 aromatic carbocycles. The highest BCUT2D eigenvalue weighted by atomic mass is 35.5. The van der Waals surface area contributed by atoms with Gasteiger partial charge in [0.25, 0.3) is 5.56 Å². The Labute approximate surface area is 167 Å². The van der Waals surface area contributed by atoms with E-state index in [-0.39, 0.29) is 39.6 Å². The van der Waals surface area contributed by atoms with Crippen LogP contribution in [0.3, 0.4) is 0 Å². The van der Waals surface area contributed by atoms with Crippen molar-refractivity contribution in [3.63, 3.8) is 0 Å². The summed E-state index contributed by atoms with van der Waals surface area (Å²) in [4.78, 5) is 16.7. The number of benzene rings is 1. The van der Waals surface area contributed by atoms with Crippen molar-refractivity contribution in [2.24, 2.45) is 0 Å². The van der Waals surface area contributed by atoms with Crippen LogP contribution in [0.15, 0.2) is 41.2 Å². The molecule has 2 aromatic heterocycles. The number of hydrogen-bond donors (Lipinski definition) is 2. The van der Waals surface area contributed by atoms with E-state index in [0.29, 0.717) is 0 Å². The summed E-state index contributed by atoms with van der Waals surface area (Å²) in [7, 11) is 0. The molecule has 0 fully saturated rings. The van der Waals surface area contributed by atoms with E-state index < -0.39 is 23.5 Å². The molecule has 29 heavy (non-hydrogen) atoms. The molecular weight excluding hydrogens is 409 g/mol. The van der Waals surface area contributed by atoms with Crippen molar-refractivity contribution in [3.8, 4) is 11.8 Å². The minimum absolute atomic E-state index is 0.00132. The Morgan fingerprint density at radius 3 is 2.59 bits per heavy atom. The largest absolute Gasteiger partial charge is 0.433 e. The summed E-state index contributed by atoms with van der Waals surface area (Å²) in [5.41, 5.74) is -2.64. The van der Waals surface area contributed by atoms with Crippen LogP contribution in [0.4, 0.5) is 18.9 Å². The van der Waals surface area contributed by atoms with Crippen molar-refractivity contribution in [1.82, 2.24) is 9.55 Å². The molecule has 0 amide bonds. The first kappa shape index (κ1) is 20.6. The molecule has 0 aliphatic carbocycles. The van der Waals surface area contributed by atoms with E-state index in [0.717, 1.165) is 16.7 Å². The Morgan fingerprint density at radius 1 is 1.31 bits per heavy atom. The number of nitrogens with zero attached hydrogens (tertiary/aromatic N) is 3. The van der Waals surface area contributed by atoms with Crippen molar-refractivity contribution < 1.29 is 18.3 Å². The highest BCUT2D eigenvalue weighted by Crippen LogP contribution is 2.33. The molecular formula is C19H14ClF3N4O2. The number of hydrogen-bond acceptors (Lipinski definition) is 5. The summed E-state index contributed by atoms with van der Waals surface area (Å²) < 4.78 is 40.7. The lowest BCUT2D eigenvalue weighted by atomic mass is 10.1. The number of nitrogens with one attached hydrogen (secondary N) is 1. The lowest BCUT2D eigenvalue weighted by Crippen LogP contribution is -2.28. The molecule has 0 spiro atoms. The third-order valence-electron chi connectivity index (χ3n) is 4.18. The fourth-order valence-corrected chi connectivity index (χ4v) is 3.04. The Kier molecular flexibility index (Phi) is 5.50. The van der Waals surface area contributed by atoms with Crippen molar-refractivity contribution >= 4 is 28.3 Å². The number of halogens is 4. The molecule has 0 aliphatic heterocycles. The summed E-state index contributed by atoms with van der Waals surface area (Å²) in [6.45, 7) is 1.26. The van der Waals surface area contributed by atoms with Gasteiger partial charge in [-0.15, -0.1) is 0 Å². The molecule has 2 N–H and O–H groups in total. The van der Waals surface area contributed by atoms with E-state index in [1.165, 1.54) is 12.1 Å². The van der Waals surface area contributed by atoms with Crippen LogP contribution in [-0.2, 0) is 6.18 Å². The van der Waals surface area contributed by atoms with Gasteiger partial charge in [-0.2, -0.15) is 18.4 Å². The number of rotatable bonds is 4. The lowest BCUT2D eigenvalue weighted by Gasteiger charge is -2.19. The SMILES string of the molecule is C[C@H](CO)Nc1c(C#N)c(=O)n(-c2ccccc2Cl)c2nc(C(F)(F)F)ccc12. The second kappa shape index (κ2) is 7.73. The van der Waals surface area contributed by atoms with Crippen LogP contribution in [0.1, 0.15) is 18.2 Å². The summed E-state index contributed by atoms with van der Waals surface area (Å²) in [5, 5.41) is 21.9. The maximum absolute atomic E-state index is 13.3. The van der Waals surface area contributed by atoms with Gasteiger partial charge in [0.1, 0.15) is 23.0 Å². The van der Waals surface area contributed by atoms with Gasteiger partial charge in [0.15, 0.2) is 0 Å². The van der Waals surface area contributed by atoms with Crippen molar-refractivity contribution in [1.29, 1.82) is 5.26 Å². The van der Waals surface area contributed by atoms with E-state index in [1.54, 1.807) is 25.1 Å². The van der Waals surface area contributed by atoms with Crippen LogP contribution < -0.4 is 10.9 Å². The maximum atomic E-state index is 13.3. The topological polar surface area (TPSA) is 90.9 Å². The van der Waals surface area contributed by atoms with Gasteiger partial charge in [-0.1, -0.05) is 23.7 Å². The third kappa shape index (κ3) is 3.77. The predicted octanol–water partition coefficient (Wildman–Crippen LogP) is 3.72. The monoisotopic (exact) mass is 422 g/mol. The highest BCUT2D eigenvalue weighted by Gasteiger charge is 2.33. The zero-order valence-electron chi connectivity index (χ0n) is 15.0. The molecule has 0 saturated carbocycles. The van der Waals surface area contributed by atoms with Crippen molar-refractivity contribution in [2.75, 3.05) is 11.9 Å². The molecule has 6 nitrogen and oxygen atoms in total. The average molecular weight is 423 g/mol. The molecule has 0 aliphatic rings. The molecule has 3 rings (SSSR count). The van der Waals surface area contributed by atoms with E-state index in [9.17, 15) is 28.3 Å². The van der Waals surface area contributed by atoms with Gasteiger partial charge in [-0.05, 0) is 31.2 Å². The third-order valence-corrected chi connectivity index (χ3v) is 4.50. The van der Waals surface area contributed by atoms with Gasteiger partial charge < -0.3 is 10.4 Å². The Bertz CT molecular complexity index is 1190. The van der Waals surface area contributed by atoms with Crippen LogP contribution in [0.5, 0.6) is 0 Å². The fraction of sp³-hybridized carbons (Fsp3) is 0.211. The Hall–Kier alpha value is -3.09. The second-order valence-corrected chi connectivity index (χ2v) is 6.65. The van der Waals surface area contributed by atoms with E-state index in [2.05, 4.69) is 10.3 Å². The van der Waals surface area contributed by atoms with Gasteiger partial charge in [0.05, 0.1) is 23.0 Å². The normalized spacial score (nSPS) is 12.6. The zero-order chi connectivity index (χ0) is 21.3. The number of nitriles is 1. The van der Waals surface area contributed by atoms with Gasteiger partial charge in [-0.3, -0.25) is 9.36 Å². The smallest absolute Gasteiger partial charge is 0.394 e. The van der Waals surface area contributed by atoms with E-state index >= 15 is 0 Å². The number of alkyl halides is 3. The Balaban J connectivity index is 2.51. The summed E-state index contributed by atoms with van der Waals surface area (Å²) in [6.07, 6.45) is -4.74. The zero-order valence-corrected chi connectivity index (χ0v) is 15.7. The molecule has 0 radical (unpaired) electrons. The lowest BCUT2D eigenvalue weighted by molar-refractivity contribution is -0.141. The van der Waals surface area contributed by atoms with Crippen molar-refractivity contribution in [2.45, 2.75) is 19.1 Å². The Morgan fingerprint density at radius 2 is 2.00 bits per heavy atom. The first-order chi connectivity index (χ1) is 13.7. The first-order valence-corrected chi connectivity index (χ1v) is 8.76. The van der Waals surface area contributed by atoms with E-state index in [4.69, 9.17) is 11.6 Å². The van der Waals surface area contributed by atoms with Crippen LogP contribution >= 0.6 is 11.6 Å². The number of fused-ring (bicyclic) bond motifs is 1. The fourth-order valence-electron chi connectivity index (χ4n) is 2.82. The second-order valence-electron chi connectivity index (χ2n) is 6.25. The quantitative estimate of drug-likeness (QED) is 0.668. The summed E-state index contributed by atoms with van der Waals surface area (Å²) in [5.74, 6) is 0. The highest BCUT2D eigenvalue weighted by molar-refractivity contribution is 6.32. The molecule has 3 aromatic rings. The first-order valence-electron chi connectivity index (χ1n) is 8.38.